The Bertz CT molecular complexity index is 856. The average molecular weight is 583 g/mol. The minimum Gasteiger partial charge on any atom is -0.361 e. The van der Waals surface area contributed by atoms with Crippen molar-refractivity contribution < 1.29 is 9.90 Å². The Morgan fingerprint density at radius 3 is 2.19 bits per heavy atom. The number of amides is 1. The molecule has 3 rings (SSSR count). The molecule has 0 heterocycles. The van der Waals surface area contributed by atoms with Gasteiger partial charge >= 0.3 is 0 Å². The molecule has 1 amide bonds. The summed E-state index contributed by atoms with van der Waals surface area (Å²) in [6, 6.07) is 9.23. The highest BCUT2D eigenvalue weighted by Crippen LogP contribution is 2.31. The Kier molecular flexibility index (Phi) is 16.0. The summed E-state index contributed by atoms with van der Waals surface area (Å²) in [5.41, 5.74) is 2.43. The third kappa shape index (κ3) is 11.3. The highest BCUT2D eigenvalue weighted by Gasteiger charge is 2.35. The van der Waals surface area contributed by atoms with Crippen LogP contribution in [0.5, 0.6) is 0 Å². The van der Waals surface area contributed by atoms with Gasteiger partial charge in [0, 0.05) is 12.1 Å². The minimum absolute atomic E-state index is 0.0676. The summed E-state index contributed by atoms with van der Waals surface area (Å²) in [7, 11) is 0. The molecule has 42 heavy (non-hydrogen) atoms. The summed E-state index contributed by atoms with van der Waals surface area (Å²) in [5.74, 6) is 2.15. The lowest BCUT2D eigenvalue weighted by molar-refractivity contribution is -0.152. The number of nitrogens with one attached hydrogen (secondary N) is 1. The Balaban J connectivity index is 1.59. The lowest BCUT2D eigenvalue weighted by Gasteiger charge is -2.41. The van der Waals surface area contributed by atoms with Crippen molar-refractivity contribution >= 4 is 5.91 Å². The maximum Gasteiger partial charge on any atom is 0.233 e. The van der Waals surface area contributed by atoms with Crippen LogP contribution in [0.15, 0.2) is 24.3 Å². The first-order chi connectivity index (χ1) is 20.4. The van der Waals surface area contributed by atoms with Gasteiger partial charge in [0.2, 0.25) is 5.91 Å². The molecular formula is C38H66N2O2. The van der Waals surface area contributed by atoms with Crippen molar-refractivity contribution in [3.8, 4) is 0 Å². The Morgan fingerprint density at radius 1 is 0.905 bits per heavy atom. The molecule has 0 bridgehead atoms. The fourth-order valence-electron chi connectivity index (χ4n) is 7.80. The maximum atomic E-state index is 14.1. The van der Waals surface area contributed by atoms with Crippen molar-refractivity contribution in [1.82, 2.24) is 10.2 Å². The fourth-order valence-corrected chi connectivity index (χ4v) is 7.80. The third-order valence-electron chi connectivity index (χ3n) is 10.6. The minimum atomic E-state index is -0.899. The molecule has 1 aromatic carbocycles. The smallest absolute Gasteiger partial charge is 0.233 e. The van der Waals surface area contributed by atoms with E-state index in [1.165, 1.54) is 82.6 Å². The van der Waals surface area contributed by atoms with Crippen LogP contribution in [-0.2, 0) is 11.2 Å². The molecule has 0 saturated heterocycles. The zero-order chi connectivity index (χ0) is 30.3. The SMILES string of the molecule is CCCCCC1CCC(NC(O)N(C(=O)C(C)c2ccc(CC(C)CC(CC)CCCC)cc2)C2CCCCC2)CC1. The van der Waals surface area contributed by atoms with E-state index in [1.807, 2.05) is 11.8 Å². The molecule has 0 radical (unpaired) electrons. The number of hydrogen-bond acceptors (Lipinski definition) is 3. The highest BCUT2D eigenvalue weighted by atomic mass is 16.3. The topological polar surface area (TPSA) is 52.6 Å². The van der Waals surface area contributed by atoms with Crippen molar-refractivity contribution in [2.75, 3.05) is 0 Å². The van der Waals surface area contributed by atoms with E-state index in [9.17, 15) is 9.90 Å². The number of unbranched alkanes of at least 4 members (excludes halogenated alkanes) is 3. The standard InChI is InChI=1S/C38H66N2O2/c1-6-9-12-16-32-21-25-35(26-22-32)39-38(42)40(36-17-13-11-14-18-36)37(41)30(5)34-23-19-33(20-24-34)28-29(4)27-31(8-3)15-10-7-2/h19-20,23-24,29-32,35-36,38-39,42H,6-18,21-22,25-28H2,1-5H3. The second-order valence-corrected chi connectivity index (χ2v) is 14.2. The van der Waals surface area contributed by atoms with Crippen molar-refractivity contribution in [3.05, 3.63) is 35.4 Å². The monoisotopic (exact) mass is 583 g/mol. The first kappa shape index (κ1) is 35.1. The van der Waals surface area contributed by atoms with E-state index < -0.39 is 6.35 Å². The third-order valence-corrected chi connectivity index (χ3v) is 10.6. The number of aliphatic hydroxyl groups excluding tert-OH is 1. The first-order valence-corrected chi connectivity index (χ1v) is 18.2. The zero-order valence-corrected chi connectivity index (χ0v) is 28.1. The number of carbonyl (C=O) groups excluding carboxylic acids is 1. The van der Waals surface area contributed by atoms with Crippen LogP contribution in [0.25, 0.3) is 0 Å². The molecule has 2 aliphatic carbocycles. The van der Waals surface area contributed by atoms with E-state index in [0.29, 0.717) is 12.0 Å². The second kappa shape index (κ2) is 19.1. The maximum absolute atomic E-state index is 14.1. The Labute approximate surface area is 259 Å². The molecular weight excluding hydrogens is 516 g/mol. The van der Waals surface area contributed by atoms with Crippen LogP contribution in [0.3, 0.4) is 0 Å². The Morgan fingerprint density at radius 2 is 1.57 bits per heavy atom. The van der Waals surface area contributed by atoms with Crippen LogP contribution < -0.4 is 5.32 Å². The van der Waals surface area contributed by atoms with E-state index in [4.69, 9.17) is 0 Å². The van der Waals surface area contributed by atoms with E-state index in [1.54, 1.807) is 0 Å². The van der Waals surface area contributed by atoms with Gasteiger partial charge in [0.05, 0.1) is 5.92 Å². The summed E-state index contributed by atoms with van der Waals surface area (Å²) in [4.78, 5) is 15.9. The van der Waals surface area contributed by atoms with Crippen LogP contribution in [-0.4, -0.2) is 34.3 Å². The van der Waals surface area contributed by atoms with Crippen LogP contribution in [0.1, 0.15) is 167 Å². The lowest BCUT2D eigenvalue weighted by atomic mass is 9.83. The second-order valence-electron chi connectivity index (χ2n) is 14.2. The van der Waals surface area contributed by atoms with Gasteiger partial charge in [-0.15, -0.1) is 0 Å². The van der Waals surface area contributed by atoms with Crippen molar-refractivity contribution in [1.29, 1.82) is 0 Å². The number of carbonyl (C=O) groups is 1. The normalized spacial score (nSPS) is 22.8. The summed E-state index contributed by atoms with van der Waals surface area (Å²) < 4.78 is 0. The van der Waals surface area contributed by atoms with Gasteiger partial charge in [-0.1, -0.05) is 123 Å². The molecule has 1 aromatic rings. The number of nitrogens with zero attached hydrogens (tertiary/aromatic N) is 1. The molecule has 4 nitrogen and oxygen atoms in total. The molecule has 4 unspecified atom stereocenters. The highest BCUT2D eigenvalue weighted by molar-refractivity contribution is 5.83. The largest absolute Gasteiger partial charge is 0.361 e. The van der Waals surface area contributed by atoms with Gasteiger partial charge in [-0.05, 0) is 87.2 Å². The number of aliphatic hydroxyl groups is 1. The lowest BCUT2D eigenvalue weighted by Crippen LogP contribution is -2.57. The molecule has 4 heteroatoms. The van der Waals surface area contributed by atoms with Crippen molar-refractivity contribution in [2.45, 2.75) is 181 Å². The molecule has 0 spiro atoms. The fraction of sp³-hybridized carbons (Fsp3) is 0.816. The Hall–Kier alpha value is -1.39. The first-order valence-electron chi connectivity index (χ1n) is 18.2. The van der Waals surface area contributed by atoms with Gasteiger partial charge in [-0.2, -0.15) is 0 Å². The van der Waals surface area contributed by atoms with E-state index in [2.05, 4.69) is 57.3 Å². The number of hydrogen-bond donors (Lipinski definition) is 2. The van der Waals surface area contributed by atoms with Crippen molar-refractivity contribution in [2.24, 2.45) is 17.8 Å². The molecule has 2 N–H and O–H groups in total. The summed E-state index contributed by atoms with van der Waals surface area (Å²) in [6.45, 7) is 11.3. The zero-order valence-electron chi connectivity index (χ0n) is 28.1. The van der Waals surface area contributed by atoms with Gasteiger partial charge < -0.3 is 10.0 Å². The molecule has 0 aliphatic heterocycles. The van der Waals surface area contributed by atoms with Crippen LogP contribution >= 0.6 is 0 Å². The molecule has 4 atom stereocenters. The predicted molar refractivity (Wildman–Crippen MR) is 178 cm³/mol. The van der Waals surface area contributed by atoms with Crippen LogP contribution in [0.4, 0.5) is 0 Å². The molecule has 2 saturated carbocycles. The summed E-state index contributed by atoms with van der Waals surface area (Å²) in [5, 5.41) is 15.0. The summed E-state index contributed by atoms with van der Waals surface area (Å²) in [6.07, 6.45) is 22.3. The average Bonchev–Trinajstić information content (AvgIpc) is 3.00. The van der Waals surface area contributed by atoms with Gasteiger partial charge in [-0.3, -0.25) is 10.1 Å². The van der Waals surface area contributed by atoms with Crippen molar-refractivity contribution in [3.63, 3.8) is 0 Å². The summed E-state index contributed by atoms with van der Waals surface area (Å²) >= 11 is 0. The van der Waals surface area contributed by atoms with Crippen LogP contribution in [0, 0.1) is 17.8 Å². The van der Waals surface area contributed by atoms with Gasteiger partial charge in [0.25, 0.3) is 0 Å². The molecule has 2 fully saturated rings. The quantitative estimate of drug-likeness (QED) is 0.134. The van der Waals surface area contributed by atoms with E-state index in [-0.39, 0.29) is 17.9 Å². The van der Waals surface area contributed by atoms with Gasteiger partial charge in [0.1, 0.15) is 0 Å². The molecule has 240 valence electrons. The van der Waals surface area contributed by atoms with E-state index in [0.717, 1.165) is 62.3 Å². The predicted octanol–water partition coefficient (Wildman–Crippen LogP) is 9.74. The van der Waals surface area contributed by atoms with Gasteiger partial charge in [-0.25, -0.2) is 0 Å². The number of benzene rings is 1. The molecule has 0 aromatic heterocycles. The molecule has 2 aliphatic rings. The van der Waals surface area contributed by atoms with E-state index >= 15 is 0 Å². The van der Waals surface area contributed by atoms with Gasteiger partial charge in [0.15, 0.2) is 6.35 Å². The van der Waals surface area contributed by atoms with Crippen LogP contribution in [0.2, 0.25) is 0 Å². The number of rotatable bonds is 18.